The number of oxime groups is 1. The molecule has 0 aliphatic carbocycles. The van der Waals surface area contributed by atoms with Gasteiger partial charge in [0.2, 0.25) is 0 Å². The average Bonchev–Trinajstić information content (AvgIpc) is 3.17. The Morgan fingerprint density at radius 2 is 2.10 bits per heavy atom. The van der Waals surface area contributed by atoms with E-state index in [1.54, 1.807) is 38.1 Å². The molecule has 3 heterocycles. The van der Waals surface area contributed by atoms with Crippen LogP contribution in [-0.2, 0) is 4.84 Å². The van der Waals surface area contributed by atoms with Crippen LogP contribution < -0.4 is 0 Å². The molecule has 30 heavy (non-hydrogen) atoms. The van der Waals surface area contributed by atoms with Gasteiger partial charge in [0.05, 0.1) is 12.1 Å². The van der Waals surface area contributed by atoms with Crippen molar-refractivity contribution >= 4 is 22.3 Å². The first-order valence-corrected chi connectivity index (χ1v) is 9.24. The summed E-state index contributed by atoms with van der Waals surface area (Å²) in [7, 11) is 0. The van der Waals surface area contributed by atoms with Crippen LogP contribution in [0.3, 0.4) is 0 Å². The standard InChI is InChI=1S/C20H18F2N6O2/c1-11(18-14(21)10-16-13(19(18)22)4-3-7-23-16)20-25-24-17-6-5-15(26-28(17)20)12(2)27-30-9-8-29/h3-7,10-11,29H,8-9H2,1-2H3/t11-/m1/s1. The number of aromatic nitrogens is 5. The molecule has 0 saturated carbocycles. The number of hydrogen-bond acceptors (Lipinski definition) is 7. The van der Waals surface area contributed by atoms with Gasteiger partial charge in [0.25, 0.3) is 0 Å². The van der Waals surface area contributed by atoms with Crippen LogP contribution in [0.5, 0.6) is 0 Å². The van der Waals surface area contributed by atoms with Crippen LogP contribution in [0, 0.1) is 11.6 Å². The van der Waals surface area contributed by atoms with Gasteiger partial charge in [-0.25, -0.2) is 8.78 Å². The van der Waals surface area contributed by atoms with Crippen LogP contribution in [0.15, 0.2) is 41.7 Å². The van der Waals surface area contributed by atoms with E-state index < -0.39 is 17.6 Å². The Morgan fingerprint density at radius 1 is 1.27 bits per heavy atom. The summed E-state index contributed by atoms with van der Waals surface area (Å²) in [4.78, 5) is 8.98. The van der Waals surface area contributed by atoms with Crippen LogP contribution >= 0.6 is 0 Å². The quantitative estimate of drug-likeness (QED) is 0.297. The maximum Gasteiger partial charge on any atom is 0.177 e. The molecule has 0 radical (unpaired) electrons. The number of halogens is 2. The number of aliphatic hydroxyl groups excluding tert-OH is 1. The zero-order valence-electron chi connectivity index (χ0n) is 16.3. The van der Waals surface area contributed by atoms with Gasteiger partial charge in [-0.15, -0.1) is 10.2 Å². The summed E-state index contributed by atoms with van der Waals surface area (Å²) in [5.74, 6) is -1.89. The highest BCUT2D eigenvalue weighted by molar-refractivity contribution is 5.96. The maximum atomic E-state index is 15.1. The minimum Gasteiger partial charge on any atom is -0.393 e. The third-order valence-electron chi connectivity index (χ3n) is 4.69. The van der Waals surface area contributed by atoms with Crippen molar-refractivity contribution < 1.29 is 18.7 Å². The van der Waals surface area contributed by atoms with Crippen LogP contribution in [-0.4, -0.2) is 48.8 Å². The third-order valence-corrected chi connectivity index (χ3v) is 4.69. The molecule has 1 aromatic carbocycles. The minimum absolute atomic E-state index is 0.0594. The van der Waals surface area contributed by atoms with Gasteiger partial charge in [-0.2, -0.15) is 9.61 Å². The molecule has 154 valence electrons. The van der Waals surface area contributed by atoms with E-state index in [-0.39, 0.29) is 35.5 Å². The highest BCUT2D eigenvalue weighted by Crippen LogP contribution is 2.31. The van der Waals surface area contributed by atoms with Crippen molar-refractivity contribution in [2.45, 2.75) is 19.8 Å². The van der Waals surface area contributed by atoms with Crippen molar-refractivity contribution in [1.82, 2.24) is 24.8 Å². The third kappa shape index (κ3) is 3.45. The van der Waals surface area contributed by atoms with E-state index in [9.17, 15) is 4.39 Å². The first kappa shape index (κ1) is 19.8. The number of aliphatic hydroxyl groups is 1. The molecule has 4 rings (SSSR count). The van der Waals surface area contributed by atoms with Gasteiger partial charge >= 0.3 is 0 Å². The zero-order valence-corrected chi connectivity index (χ0v) is 16.3. The van der Waals surface area contributed by atoms with E-state index in [1.165, 1.54) is 16.8 Å². The molecule has 1 atom stereocenters. The van der Waals surface area contributed by atoms with Crippen molar-refractivity contribution in [2.24, 2.45) is 5.16 Å². The second-order valence-corrected chi connectivity index (χ2v) is 6.66. The van der Waals surface area contributed by atoms with Crippen molar-refractivity contribution in [3.8, 4) is 0 Å². The predicted molar refractivity (Wildman–Crippen MR) is 105 cm³/mol. The van der Waals surface area contributed by atoms with Gasteiger partial charge in [-0.3, -0.25) is 4.98 Å². The Labute approximate surface area is 169 Å². The number of nitrogens with zero attached hydrogens (tertiary/aromatic N) is 6. The van der Waals surface area contributed by atoms with Crippen LogP contribution in [0.1, 0.15) is 36.8 Å². The lowest BCUT2D eigenvalue weighted by Gasteiger charge is -2.14. The van der Waals surface area contributed by atoms with Crippen molar-refractivity contribution in [3.05, 3.63) is 65.2 Å². The molecular weight excluding hydrogens is 394 g/mol. The molecule has 10 heteroatoms. The number of fused-ring (bicyclic) bond motifs is 2. The van der Waals surface area contributed by atoms with Gasteiger partial charge in [0.15, 0.2) is 11.5 Å². The fourth-order valence-electron chi connectivity index (χ4n) is 3.19. The topological polar surface area (TPSA) is 97.8 Å². The van der Waals surface area contributed by atoms with Gasteiger partial charge in [-0.1, -0.05) is 12.1 Å². The average molecular weight is 412 g/mol. The molecule has 0 fully saturated rings. The zero-order chi connectivity index (χ0) is 21.3. The van der Waals surface area contributed by atoms with Crippen molar-refractivity contribution in [2.75, 3.05) is 13.2 Å². The Morgan fingerprint density at radius 3 is 2.90 bits per heavy atom. The monoisotopic (exact) mass is 412 g/mol. The highest BCUT2D eigenvalue weighted by atomic mass is 19.1. The molecule has 0 spiro atoms. The van der Waals surface area contributed by atoms with Crippen LogP contribution in [0.25, 0.3) is 16.6 Å². The van der Waals surface area contributed by atoms with E-state index in [1.807, 2.05) is 0 Å². The minimum atomic E-state index is -0.768. The van der Waals surface area contributed by atoms with Gasteiger partial charge in [0, 0.05) is 29.1 Å². The van der Waals surface area contributed by atoms with E-state index >= 15 is 4.39 Å². The summed E-state index contributed by atoms with van der Waals surface area (Å²) in [5.41, 5.74) is 1.47. The molecule has 0 amide bonds. The van der Waals surface area contributed by atoms with Crippen molar-refractivity contribution in [3.63, 3.8) is 0 Å². The smallest absolute Gasteiger partial charge is 0.177 e. The Balaban J connectivity index is 1.79. The second-order valence-electron chi connectivity index (χ2n) is 6.66. The fraction of sp³-hybridized carbons (Fsp3) is 0.250. The highest BCUT2D eigenvalue weighted by Gasteiger charge is 2.25. The first-order chi connectivity index (χ1) is 14.5. The lowest BCUT2D eigenvalue weighted by molar-refractivity contribution is 0.0986. The molecule has 8 nitrogen and oxygen atoms in total. The van der Waals surface area contributed by atoms with Crippen LogP contribution in [0.2, 0.25) is 0 Å². The summed E-state index contributed by atoms with van der Waals surface area (Å²) in [6, 6.07) is 7.72. The molecular formula is C20H18F2N6O2. The Hall–Kier alpha value is -3.53. The SMILES string of the molecule is CC(=NOCCO)c1ccc2nnc([C@H](C)c3c(F)cc4ncccc4c3F)n2n1. The lowest BCUT2D eigenvalue weighted by atomic mass is 9.97. The first-order valence-electron chi connectivity index (χ1n) is 9.24. The van der Waals surface area contributed by atoms with E-state index in [4.69, 9.17) is 9.94 Å². The summed E-state index contributed by atoms with van der Waals surface area (Å²) in [6.45, 7) is 3.23. The molecule has 0 aliphatic heterocycles. The van der Waals surface area contributed by atoms with Gasteiger partial charge in [-0.05, 0) is 31.2 Å². The number of pyridine rings is 1. The normalized spacial score (nSPS) is 13.2. The van der Waals surface area contributed by atoms with Crippen molar-refractivity contribution in [1.29, 1.82) is 0 Å². The van der Waals surface area contributed by atoms with Crippen LogP contribution in [0.4, 0.5) is 8.78 Å². The molecule has 0 bridgehead atoms. The molecule has 1 N–H and O–H groups in total. The molecule has 3 aromatic heterocycles. The predicted octanol–water partition coefficient (Wildman–Crippen LogP) is 2.84. The molecule has 0 unspecified atom stereocenters. The van der Waals surface area contributed by atoms with E-state index in [2.05, 4.69) is 25.4 Å². The second kappa shape index (κ2) is 8.07. The molecule has 0 saturated heterocycles. The van der Waals surface area contributed by atoms with Gasteiger partial charge in [0.1, 0.15) is 29.6 Å². The molecule has 0 aliphatic rings. The number of rotatable bonds is 6. The Bertz CT molecular complexity index is 1260. The summed E-state index contributed by atoms with van der Waals surface area (Å²) >= 11 is 0. The van der Waals surface area contributed by atoms with Gasteiger partial charge < -0.3 is 9.94 Å². The van der Waals surface area contributed by atoms with E-state index in [0.29, 0.717) is 17.1 Å². The summed E-state index contributed by atoms with van der Waals surface area (Å²) < 4.78 is 31.4. The summed E-state index contributed by atoms with van der Waals surface area (Å²) in [6.07, 6.45) is 1.48. The lowest BCUT2D eigenvalue weighted by Crippen LogP contribution is -2.11. The molecule has 4 aromatic rings. The Kier molecular flexibility index (Phi) is 5.32. The summed E-state index contributed by atoms with van der Waals surface area (Å²) in [5, 5.41) is 25.5. The maximum absolute atomic E-state index is 15.1. The number of benzene rings is 1. The number of hydrogen-bond donors (Lipinski definition) is 1. The van der Waals surface area contributed by atoms with E-state index in [0.717, 1.165) is 0 Å². The largest absolute Gasteiger partial charge is 0.393 e. The fourth-order valence-corrected chi connectivity index (χ4v) is 3.19.